The summed E-state index contributed by atoms with van der Waals surface area (Å²) in [5.74, 6) is 2.18. The zero-order valence-corrected chi connectivity index (χ0v) is 12.0. The molecule has 1 unspecified atom stereocenters. The first-order valence-electron chi connectivity index (χ1n) is 7.23. The Morgan fingerprint density at radius 3 is 2.67 bits per heavy atom. The summed E-state index contributed by atoms with van der Waals surface area (Å²) in [6.45, 7) is 3.39. The van der Waals surface area contributed by atoms with Gasteiger partial charge in [-0.3, -0.25) is 0 Å². The molecule has 18 heavy (non-hydrogen) atoms. The van der Waals surface area contributed by atoms with Gasteiger partial charge in [-0.2, -0.15) is 11.8 Å². The van der Waals surface area contributed by atoms with E-state index in [1.165, 1.54) is 49.1 Å². The number of benzene rings is 1. The first kappa shape index (κ1) is 12.6. The predicted molar refractivity (Wildman–Crippen MR) is 80.4 cm³/mol. The minimum Gasteiger partial charge on any atom is -0.313 e. The van der Waals surface area contributed by atoms with Crippen molar-refractivity contribution in [3.05, 3.63) is 35.4 Å². The van der Waals surface area contributed by atoms with Crippen molar-refractivity contribution in [1.29, 1.82) is 0 Å². The van der Waals surface area contributed by atoms with E-state index in [-0.39, 0.29) is 0 Å². The molecule has 1 saturated heterocycles. The molecule has 1 aliphatic heterocycles. The van der Waals surface area contributed by atoms with E-state index < -0.39 is 0 Å². The highest BCUT2D eigenvalue weighted by molar-refractivity contribution is 8.00. The van der Waals surface area contributed by atoms with Crippen LogP contribution in [0, 0.1) is 6.92 Å². The van der Waals surface area contributed by atoms with Crippen LogP contribution in [-0.4, -0.2) is 23.6 Å². The first-order chi connectivity index (χ1) is 8.81. The van der Waals surface area contributed by atoms with Crippen molar-refractivity contribution in [2.75, 3.05) is 12.3 Å². The predicted octanol–water partition coefficient (Wildman–Crippen LogP) is 3.73. The molecule has 0 spiro atoms. The minimum atomic E-state index is 0.775. The topological polar surface area (TPSA) is 12.0 Å². The number of nitrogens with one attached hydrogen (secondary N) is 1. The Hall–Kier alpha value is -0.470. The second-order valence-electron chi connectivity index (χ2n) is 5.82. The lowest BCUT2D eigenvalue weighted by Crippen LogP contribution is -2.42. The van der Waals surface area contributed by atoms with E-state index in [9.17, 15) is 0 Å². The van der Waals surface area contributed by atoms with Gasteiger partial charge < -0.3 is 5.32 Å². The van der Waals surface area contributed by atoms with E-state index in [1.54, 1.807) is 0 Å². The third-order valence-corrected chi connectivity index (χ3v) is 5.74. The van der Waals surface area contributed by atoms with Crippen LogP contribution >= 0.6 is 11.8 Å². The van der Waals surface area contributed by atoms with Gasteiger partial charge in [0.2, 0.25) is 0 Å². The van der Waals surface area contributed by atoms with Crippen LogP contribution in [0.1, 0.15) is 42.7 Å². The number of rotatable bonds is 4. The van der Waals surface area contributed by atoms with Gasteiger partial charge in [-0.1, -0.05) is 29.8 Å². The molecule has 1 saturated carbocycles. The van der Waals surface area contributed by atoms with Gasteiger partial charge in [0, 0.05) is 17.8 Å². The second kappa shape index (κ2) is 5.66. The molecule has 1 nitrogen and oxygen atoms in total. The molecule has 1 aliphatic carbocycles. The van der Waals surface area contributed by atoms with Crippen molar-refractivity contribution < 1.29 is 0 Å². The van der Waals surface area contributed by atoms with E-state index in [0.717, 1.165) is 17.2 Å². The van der Waals surface area contributed by atoms with Gasteiger partial charge in [0.1, 0.15) is 0 Å². The monoisotopic (exact) mass is 261 g/mol. The Balaban J connectivity index is 1.41. The molecular formula is C16H23NS. The maximum Gasteiger partial charge on any atom is 0.0172 e. The molecule has 2 fully saturated rings. The molecular weight excluding hydrogens is 238 g/mol. The lowest BCUT2D eigenvalue weighted by atomic mass is 9.75. The molecule has 0 amide bonds. The summed E-state index contributed by atoms with van der Waals surface area (Å²) in [5.41, 5.74) is 2.90. The Morgan fingerprint density at radius 2 is 2.00 bits per heavy atom. The fourth-order valence-corrected chi connectivity index (χ4v) is 4.21. The summed E-state index contributed by atoms with van der Waals surface area (Å²) in [7, 11) is 0. The van der Waals surface area contributed by atoms with Crippen LogP contribution in [0.4, 0.5) is 0 Å². The summed E-state index contributed by atoms with van der Waals surface area (Å²) in [6.07, 6.45) is 5.51. The number of aryl methyl sites for hydroxylation is 1. The summed E-state index contributed by atoms with van der Waals surface area (Å²) in [6, 6.07) is 9.88. The van der Waals surface area contributed by atoms with Crippen LogP contribution in [0.15, 0.2) is 24.3 Å². The summed E-state index contributed by atoms with van der Waals surface area (Å²) >= 11 is 2.16. The Labute approximate surface area is 115 Å². The second-order valence-corrected chi connectivity index (χ2v) is 7.23. The standard InChI is InChI=1S/C16H23NS/c1-12-4-6-13(7-5-12)14-9-15(10-14)17-11-16-3-2-8-18-16/h4-7,14-17H,2-3,8-11H2,1H3. The fourth-order valence-electron chi connectivity index (χ4n) is 3.00. The molecule has 2 aliphatic rings. The van der Waals surface area contributed by atoms with Gasteiger partial charge in [-0.05, 0) is 49.8 Å². The van der Waals surface area contributed by atoms with Gasteiger partial charge in [0.25, 0.3) is 0 Å². The Morgan fingerprint density at radius 1 is 1.22 bits per heavy atom. The molecule has 3 rings (SSSR count). The van der Waals surface area contributed by atoms with Crippen LogP contribution in [-0.2, 0) is 0 Å². The SMILES string of the molecule is Cc1ccc(C2CC(NCC3CCCS3)C2)cc1. The van der Waals surface area contributed by atoms with Gasteiger partial charge in [0.15, 0.2) is 0 Å². The molecule has 98 valence electrons. The van der Waals surface area contributed by atoms with E-state index >= 15 is 0 Å². The Bertz CT molecular complexity index is 375. The van der Waals surface area contributed by atoms with E-state index in [1.807, 2.05) is 0 Å². The highest BCUT2D eigenvalue weighted by Gasteiger charge is 2.30. The minimum absolute atomic E-state index is 0.775. The zero-order valence-electron chi connectivity index (χ0n) is 11.2. The average molecular weight is 261 g/mol. The van der Waals surface area contributed by atoms with E-state index in [2.05, 4.69) is 48.3 Å². The number of hydrogen-bond acceptors (Lipinski definition) is 2. The highest BCUT2D eigenvalue weighted by atomic mass is 32.2. The Kier molecular flexibility index (Phi) is 3.95. The van der Waals surface area contributed by atoms with Gasteiger partial charge >= 0.3 is 0 Å². The largest absolute Gasteiger partial charge is 0.313 e. The molecule has 0 bridgehead atoms. The normalized spacial score (nSPS) is 31.3. The molecule has 2 heteroatoms. The van der Waals surface area contributed by atoms with Crippen LogP contribution in [0.2, 0.25) is 0 Å². The quantitative estimate of drug-likeness (QED) is 0.886. The average Bonchev–Trinajstić information content (AvgIpc) is 2.82. The molecule has 0 radical (unpaired) electrons. The van der Waals surface area contributed by atoms with Crippen molar-refractivity contribution in [1.82, 2.24) is 5.32 Å². The molecule has 1 atom stereocenters. The van der Waals surface area contributed by atoms with Crippen LogP contribution in [0.5, 0.6) is 0 Å². The highest BCUT2D eigenvalue weighted by Crippen LogP contribution is 2.37. The molecule has 1 aromatic carbocycles. The third kappa shape index (κ3) is 2.92. The van der Waals surface area contributed by atoms with Crippen molar-refractivity contribution in [2.45, 2.75) is 49.8 Å². The van der Waals surface area contributed by atoms with Crippen LogP contribution < -0.4 is 5.32 Å². The molecule has 1 aromatic rings. The van der Waals surface area contributed by atoms with Gasteiger partial charge in [-0.25, -0.2) is 0 Å². The van der Waals surface area contributed by atoms with Gasteiger partial charge in [-0.15, -0.1) is 0 Å². The van der Waals surface area contributed by atoms with E-state index in [4.69, 9.17) is 0 Å². The maximum absolute atomic E-state index is 3.75. The third-order valence-electron chi connectivity index (χ3n) is 4.35. The lowest BCUT2D eigenvalue weighted by Gasteiger charge is -2.37. The van der Waals surface area contributed by atoms with Crippen molar-refractivity contribution in [3.8, 4) is 0 Å². The molecule has 0 aromatic heterocycles. The van der Waals surface area contributed by atoms with Crippen molar-refractivity contribution >= 4 is 11.8 Å². The van der Waals surface area contributed by atoms with Crippen molar-refractivity contribution in [2.24, 2.45) is 0 Å². The summed E-state index contributed by atoms with van der Waals surface area (Å²) < 4.78 is 0. The molecule has 1 N–H and O–H groups in total. The fraction of sp³-hybridized carbons (Fsp3) is 0.625. The van der Waals surface area contributed by atoms with Crippen LogP contribution in [0.25, 0.3) is 0 Å². The first-order valence-corrected chi connectivity index (χ1v) is 8.27. The smallest absolute Gasteiger partial charge is 0.0172 e. The lowest BCUT2D eigenvalue weighted by molar-refractivity contribution is 0.291. The van der Waals surface area contributed by atoms with Crippen molar-refractivity contribution in [3.63, 3.8) is 0 Å². The van der Waals surface area contributed by atoms with E-state index in [0.29, 0.717) is 0 Å². The van der Waals surface area contributed by atoms with Gasteiger partial charge in [0.05, 0.1) is 0 Å². The number of thioether (sulfide) groups is 1. The summed E-state index contributed by atoms with van der Waals surface area (Å²) in [5, 5.41) is 4.64. The zero-order chi connectivity index (χ0) is 12.4. The summed E-state index contributed by atoms with van der Waals surface area (Å²) in [4.78, 5) is 0. The number of hydrogen-bond donors (Lipinski definition) is 1. The molecule has 1 heterocycles. The maximum atomic E-state index is 3.75. The van der Waals surface area contributed by atoms with Crippen LogP contribution in [0.3, 0.4) is 0 Å².